The lowest BCUT2D eigenvalue weighted by atomic mass is 9.98. The molecule has 33 heavy (non-hydrogen) atoms. The van der Waals surface area contributed by atoms with Gasteiger partial charge in [0.05, 0.1) is 21.8 Å². The molecule has 0 spiro atoms. The van der Waals surface area contributed by atoms with Crippen molar-refractivity contribution in [1.29, 1.82) is 0 Å². The van der Waals surface area contributed by atoms with E-state index in [9.17, 15) is 9.59 Å². The Morgan fingerprint density at radius 2 is 1.70 bits per heavy atom. The molecule has 8 heteroatoms. The number of para-hydroxylation sites is 2. The Bertz CT molecular complexity index is 1080. The van der Waals surface area contributed by atoms with Gasteiger partial charge in [-0.2, -0.15) is 0 Å². The monoisotopic (exact) mass is 463 g/mol. The summed E-state index contributed by atoms with van der Waals surface area (Å²) in [6.45, 7) is 4.66. The zero-order valence-corrected chi connectivity index (χ0v) is 19.5. The van der Waals surface area contributed by atoms with Gasteiger partial charge < -0.3 is 15.1 Å². The molecule has 5 rings (SSSR count). The van der Waals surface area contributed by atoms with Crippen LogP contribution in [-0.2, 0) is 4.79 Å². The molecule has 172 valence electrons. The van der Waals surface area contributed by atoms with E-state index in [2.05, 4.69) is 22.3 Å². The largest absolute Gasteiger partial charge is 0.341 e. The van der Waals surface area contributed by atoms with E-state index in [-0.39, 0.29) is 11.9 Å². The van der Waals surface area contributed by atoms with Crippen molar-refractivity contribution in [2.45, 2.75) is 18.8 Å². The van der Waals surface area contributed by atoms with Crippen LogP contribution in [-0.4, -0.2) is 77.4 Å². The number of benzene rings is 2. The second-order valence-corrected chi connectivity index (χ2v) is 9.82. The number of fused-ring (bicyclic) bond motifs is 1. The van der Waals surface area contributed by atoms with E-state index in [1.165, 1.54) is 4.70 Å². The molecule has 0 radical (unpaired) electrons. The molecule has 3 aromatic rings. The van der Waals surface area contributed by atoms with E-state index in [0.717, 1.165) is 42.1 Å². The van der Waals surface area contributed by atoms with E-state index < -0.39 is 0 Å². The lowest BCUT2D eigenvalue weighted by Gasteiger charge is -2.37. The first-order chi connectivity index (χ1) is 16.2. The number of carbonyl (C=O) groups excluding carboxylic acids is 2. The molecule has 2 aliphatic heterocycles. The van der Waals surface area contributed by atoms with Crippen LogP contribution in [0.4, 0.5) is 10.5 Å². The normalized spacial score (nSPS) is 19.6. The summed E-state index contributed by atoms with van der Waals surface area (Å²) in [7, 11) is 0. The van der Waals surface area contributed by atoms with Crippen LogP contribution in [0.2, 0.25) is 0 Å². The van der Waals surface area contributed by atoms with Crippen molar-refractivity contribution >= 4 is 39.2 Å². The molecule has 2 saturated heterocycles. The Morgan fingerprint density at radius 1 is 0.939 bits per heavy atom. The fraction of sp³-hybridized carbons (Fsp3) is 0.400. The number of nitrogens with one attached hydrogen (secondary N) is 1. The number of rotatable bonds is 4. The smallest absolute Gasteiger partial charge is 0.321 e. The van der Waals surface area contributed by atoms with Gasteiger partial charge in [0.25, 0.3) is 0 Å². The van der Waals surface area contributed by atoms with E-state index in [1.807, 2.05) is 52.3 Å². The van der Waals surface area contributed by atoms with Gasteiger partial charge >= 0.3 is 6.03 Å². The molecule has 2 aliphatic rings. The van der Waals surface area contributed by atoms with Crippen molar-refractivity contribution in [3.8, 4) is 0 Å². The molecule has 7 nitrogen and oxygen atoms in total. The van der Waals surface area contributed by atoms with E-state index in [1.54, 1.807) is 11.3 Å². The highest BCUT2D eigenvalue weighted by atomic mass is 32.1. The predicted octanol–water partition coefficient (Wildman–Crippen LogP) is 3.85. The van der Waals surface area contributed by atoms with Gasteiger partial charge in [-0.15, -0.1) is 11.3 Å². The number of amides is 3. The number of hydrogen-bond donors (Lipinski definition) is 1. The Balaban J connectivity index is 1.11. The maximum Gasteiger partial charge on any atom is 0.321 e. The number of hydrogen-bond acceptors (Lipinski definition) is 5. The lowest BCUT2D eigenvalue weighted by molar-refractivity contribution is -0.134. The number of likely N-dealkylation sites (tertiary alicyclic amines) is 1. The molecular formula is C25H29N5O2S. The summed E-state index contributed by atoms with van der Waals surface area (Å²) in [6.07, 6.45) is 2.10. The summed E-state index contributed by atoms with van der Waals surface area (Å²) in [5, 5.41) is 4.08. The van der Waals surface area contributed by atoms with Crippen LogP contribution in [0.5, 0.6) is 0 Å². The molecule has 1 atom stereocenters. The van der Waals surface area contributed by atoms with Crippen molar-refractivity contribution in [2.75, 3.05) is 51.1 Å². The molecule has 1 N–H and O–H groups in total. The van der Waals surface area contributed by atoms with Crippen LogP contribution in [0, 0.1) is 0 Å². The average molecular weight is 464 g/mol. The number of anilines is 1. The summed E-state index contributed by atoms with van der Waals surface area (Å²) < 4.78 is 1.21. The highest BCUT2D eigenvalue weighted by molar-refractivity contribution is 7.18. The summed E-state index contributed by atoms with van der Waals surface area (Å²) in [5.74, 6) is 0.502. The summed E-state index contributed by atoms with van der Waals surface area (Å²) in [4.78, 5) is 36.4. The molecule has 2 aromatic carbocycles. The third-order valence-electron chi connectivity index (χ3n) is 6.48. The van der Waals surface area contributed by atoms with Crippen molar-refractivity contribution in [2.24, 2.45) is 0 Å². The maximum absolute atomic E-state index is 13.0. The van der Waals surface area contributed by atoms with E-state index in [0.29, 0.717) is 38.6 Å². The fourth-order valence-electron chi connectivity index (χ4n) is 4.59. The van der Waals surface area contributed by atoms with Gasteiger partial charge in [-0.25, -0.2) is 9.78 Å². The number of urea groups is 1. The number of thiazole rings is 1. The average Bonchev–Trinajstić information content (AvgIpc) is 3.30. The second-order valence-electron chi connectivity index (χ2n) is 8.76. The molecular weight excluding hydrogens is 434 g/mol. The second kappa shape index (κ2) is 9.89. The highest BCUT2D eigenvalue weighted by Crippen LogP contribution is 2.33. The molecule has 0 bridgehead atoms. The van der Waals surface area contributed by atoms with Crippen molar-refractivity contribution < 1.29 is 9.59 Å². The molecule has 2 fully saturated rings. The predicted molar refractivity (Wildman–Crippen MR) is 132 cm³/mol. The topological polar surface area (TPSA) is 68.8 Å². The zero-order valence-electron chi connectivity index (χ0n) is 18.7. The van der Waals surface area contributed by atoms with Crippen LogP contribution < -0.4 is 5.32 Å². The fourth-order valence-corrected chi connectivity index (χ4v) is 5.69. The summed E-state index contributed by atoms with van der Waals surface area (Å²) >= 11 is 1.75. The van der Waals surface area contributed by atoms with Crippen LogP contribution in [0.15, 0.2) is 54.6 Å². The minimum Gasteiger partial charge on any atom is -0.341 e. The maximum atomic E-state index is 13.0. The van der Waals surface area contributed by atoms with Crippen molar-refractivity contribution in [1.82, 2.24) is 19.7 Å². The van der Waals surface area contributed by atoms with Crippen molar-refractivity contribution in [3.63, 3.8) is 0 Å². The number of nitrogens with zero attached hydrogens (tertiary/aromatic N) is 4. The molecule has 3 amide bonds. The summed E-state index contributed by atoms with van der Waals surface area (Å²) in [5.41, 5.74) is 1.85. The summed E-state index contributed by atoms with van der Waals surface area (Å²) in [6, 6.07) is 17.7. The van der Waals surface area contributed by atoms with Gasteiger partial charge in [0.15, 0.2) is 0 Å². The van der Waals surface area contributed by atoms with Gasteiger partial charge in [-0.05, 0) is 37.1 Å². The van der Waals surface area contributed by atoms with Crippen LogP contribution in [0.25, 0.3) is 10.2 Å². The first kappa shape index (κ1) is 21.9. The SMILES string of the molecule is O=C(CN1CCN(C(=O)Nc2ccccc2)CC1)N1CCCC(c2nc3ccccc3s2)C1. The minimum atomic E-state index is -0.0816. The third-order valence-corrected chi connectivity index (χ3v) is 7.68. The van der Waals surface area contributed by atoms with Gasteiger partial charge in [-0.3, -0.25) is 9.69 Å². The number of piperazine rings is 1. The van der Waals surface area contributed by atoms with Crippen LogP contribution in [0.1, 0.15) is 23.8 Å². The van der Waals surface area contributed by atoms with E-state index in [4.69, 9.17) is 4.98 Å². The van der Waals surface area contributed by atoms with E-state index >= 15 is 0 Å². The Labute approximate surface area is 198 Å². The molecule has 1 aromatic heterocycles. The quantitative estimate of drug-likeness (QED) is 0.638. The van der Waals surface area contributed by atoms with Gasteiger partial charge in [-0.1, -0.05) is 30.3 Å². The minimum absolute atomic E-state index is 0.0816. The first-order valence-electron chi connectivity index (χ1n) is 11.6. The zero-order chi connectivity index (χ0) is 22.6. The van der Waals surface area contributed by atoms with Gasteiger partial charge in [0, 0.05) is 50.9 Å². The lowest BCUT2D eigenvalue weighted by Crippen LogP contribution is -2.53. The Hall–Kier alpha value is -2.97. The standard InChI is InChI=1S/C25H29N5O2S/c31-23(18-28-13-15-29(16-14-28)25(32)26-20-8-2-1-3-9-20)30-12-6-7-19(17-30)24-27-21-10-4-5-11-22(21)33-24/h1-5,8-11,19H,6-7,12-18H2,(H,26,32). The third kappa shape index (κ3) is 5.17. The Kier molecular flexibility index (Phi) is 6.55. The number of piperidine rings is 1. The van der Waals surface area contributed by atoms with Gasteiger partial charge in [0.2, 0.25) is 5.91 Å². The number of carbonyl (C=O) groups is 2. The number of aromatic nitrogens is 1. The molecule has 1 unspecified atom stereocenters. The van der Waals surface area contributed by atoms with Crippen LogP contribution >= 0.6 is 11.3 Å². The highest BCUT2D eigenvalue weighted by Gasteiger charge is 2.29. The van der Waals surface area contributed by atoms with Gasteiger partial charge in [0.1, 0.15) is 0 Å². The van der Waals surface area contributed by atoms with Crippen molar-refractivity contribution in [3.05, 3.63) is 59.6 Å². The first-order valence-corrected chi connectivity index (χ1v) is 12.4. The molecule has 0 aliphatic carbocycles. The Morgan fingerprint density at radius 3 is 2.48 bits per heavy atom. The molecule has 0 saturated carbocycles. The van der Waals surface area contributed by atoms with Crippen LogP contribution in [0.3, 0.4) is 0 Å². The molecule has 3 heterocycles.